The standard InChI is InChI=1S/C28H16N2/c29-17-19-3-1-5-21(13-19)23-9-11-27-25(15-23)7-8-26-16-24(10-12-28(26)27)22-6-2-4-20(14-22)18-30/h1-16H. The first-order valence-corrected chi connectivity index (χ1v) is 9.73. The molecule has 0 aromatic heterocycles. The van der Waals surface area contributed by atoms with Crippen LogP contribution in [0.4, 0.5) is 0 Å². The smallest absolute Gasteiger partial charge is 0.0991 e. The van der Waals surface area contributed by atoms with Crippen LogP contribution in [0.25, 0.3) is 43.8 Å². The Morgan fingerprint density at radius 3 is 1.30 bits per heavy atom. The number of rotatable bonds is 2. The molecule has 2 heteroatoms. The molecule has 0 N–H and O–H groups in total. The van der Waals surface area contributed by atoms with Crippen molar-refractivity contribution >= 4 is 21.5 Å². The molecule has 0 aliphatic heterocycles. The predicted octanol–water partition coefficient (Wildman–Crippen LogP) is 7.07. The van der Waals surface area contributed by atoms with Gasteiger partial charge in [-0.15, -0.1) is 0 Å². The van der Waals surface area contributed by atoms with Crippen molar-refractivity contribution in [3.05, 3.63) is 108 Å². The minimum Gasteiger partial charge on any atom is -0.192 e. The molecule has 5 aromatic rings. The molecule has 0 aliphatic carbocycles. The van der Waals surface area contributed by atoms with Gasteiger partial charge in [0.25, 0.3) is 0 Å². The van der Waals surface area contributed by atoms with E-state index < -0.39 is 0 Å². The van der Waals surface area contributed by atoms with E-state index in [9.17, 15) is 0 Å². The molecule has 2 nitrogen and oxygen atoms in total. The summed E-state index contributed by atoms with van der Waals surface area (Å²) < 4.78 is 0. The molecule has 0 aliphatic rings. The fourth-order valence-electron chi connectivity index (χ4n) is 3.97. The second-order valence-electron chi connectivity index (χ2n) is 7.32. The van der Waals surface area contributed by atoms with Gasteiger partial charge in [-0.1, -0.05) is 60.7 Å². The van der Waals surface area contributed by atoms with Crippen molar-refractivity contribution in [1.82, 2.24) is 0 Å². The van der Waals surface area contributed by atoms with Crippen LogP contribution >= 0.6 is 0 Å². The van der Waals surface area contributed by atoms with Crippen molar-refractivity contribution in [2.75, 3.05) is 0 Å². The van der Waals surface area contributed by atoms with E-state index in [1.807, 2.05) is 48.5 Å². The van der Waals surface area contributed by atoms with E-state index in [0.717, 1.165) is 22.3 Å². The summed E-state index contributed by atoms with van der Waals surface area (Å²) in [6.07, 6.45) is 0. The number of benzene rings is 5. The zero-order valence-corrected chi connectivity index (χ0v) is 16.1. The molecular weight excluding hydrogens is 364 g/mol. The zero-order valence-electron chi connectivity index (χ0n) is 16.1. The molecule has 5 aromatic carbocycles. The van der Waals surface area contributed by atoms with Crippen molar-refractivity contribution in [1.29, 1.82) is 10.5 Å². The monoisotopic (exact) mass is 380 g/mol. The van der Waals surface area contributed by atoms with Crippen LogP contribution in [0.3, 0.4) is 0 Å². The summed E-state index contributed by atoms with van der Waals surface area (Å²) in [5.74, 6) is 0. The van der Waals surface area contributed by atoms with Crippen molar-refractivity contribution in [2.24, 2.45) is 0 Å². The Hall–Kier alpha value is -4.40. The van der Waals surface area contributed by atoms with E-state index in [-0.39, 0.29) is 0 Å². The summed E-state index contributed by atoms with van der Waals surface area (Å²) in [6, 6.07) is 37.0. The summed E-state index contributed by atoms with van der Waals surface area (Å²) in [7, 11) is 0. The summed E-state index contributed by atoms with van der Waals surface area (Å²) in [6.45, 7) is 0. The molecule has 0 unspecified atom stereocenters. The van der Waals surface area contributed by atoms with Crippen LogP contribution in [0.2, 0.25) is 0 Å². The number of hydrogen-bond donors (Lipinski definition) is 0. The largest absolute Gasteiger partial charge is 0.192 e. The third-order valence-corrected chi connectivity index (χ3v) is 5.49. The number of fused-ring (bicyclic) bond motifs is 3. The quantitative estimate of drug-likeness (QED) is 0.307. The van der Waals surface area contributed by atoms with E-state index >= 15 is 0 Å². The first-order chi connectivity index (χ1) is 14.7. The number of hydrogen-bond acceptors (Lipinski definition) is 2. The summed E-state index contributed by atoms with van der Waals surface area (Å²) in [5, 5.41) is 23.1. The van der Waals surface area contributed by atoms with Gasteiger partial charge in [-0.3, -0.25) is 0 Å². The minimum absolute atomic E-state index is 0.666. The molecule has 0 bridgehead atoms. The topological polar surface area (TPSA) is 47.6 Å². The lowest BCUT2D eigenvalue weighted by Gasteiger charge is -2.09. The van der Waals surface area contributed by atoms with E-state index in [1.54, 1.807) is 0 Å². The average Bonchev–Trinajstić information content (AvgIpc) is 2.83. The van der Waals surface area contributed by atoms with E-state index in [4.69, 9.17) is 10.5 Å². The van der Waals surface area contributed by atoms with Gasteiger partial charge in [-0.2, -0.15) is 10.5 Å². The molecule has 0 saturated heterocycles. The predicted molar refractivity (Wildman–Crippen MR) is 122 cm³/mol. The van der Waals surface area contributed by atoms with Gasteiger partial charge in [0.2, 0.25) is 0 Å². The fraction of sp³-hybridized carbons (Fsp3) is 0. The lowest BCUT2D eigenvalue weighted by atomic mass is 9.94. The minimum atomic E-state index is 0.666. The molecule has 0 atom stereocenters. The second-order valence-corrected chi connectivity index (χ2v) is 7.32. The molecule has 0 spiro atoms. The van der Waals surface area contributed by atoms with Crippen LogP contribution in [0.5, 0.6) is 0 Å². The third-order valence-electron chi connectivity index (χ3n) is 5.49. The highest BCUT2D eigenvalue weighted by atomic mass is 14.2. The van der Waals surface area contributed by atoms with Gasteiger partial charge in [0.1, 0.15) is 0 Å². The highest BCUT2D eigenvalue weighted by Crippen LogP contribution is 2.32. The second kappa shape index (κ2) is 7.21. The van der Waals surface area contributed by atoms with Crippen molar-refractivity contribution < 1.29 is 0 Å². The molecule has 0 radical (unpaired) electrons. The lowest BCUT2D eigenvalue weighted by Crippen LogP contribution is -1.84. The fourth-order valence-corrected chi connectivity index (χ4v) is 3.97. The zero-order chi connectivity index (χ0) is 20.5. The molecule has 0 fully saturated rings. The summed E-state index contributed by atoms with van der Waals surface area (Å²) in [5.41, 5.74) is 5.62. The lowest BCUT2D eigenvalue weighted by molar-refractivity contribution is 1.48. The van der Waals surface area contributed by atoms with Crippen LogP contribution < -0.4 is 0 Å². The molecule has 0 amide bonds. The van der Waals surface area contributed by atoms with Crippen LogP contribution in [0, 0.1) is 22.7 Å². The van der Waals surface area contributed by atoms with Gasteiger partial charge >= 0.3 is 0 Å². The Labute approximate surface area is 174 Å². The third kappa shape index (κ3) is 3.08. The number of nitrogens with zero attached hydrogens (tertiary/aromatic N) is 2. The molecule has 5 rings (SSSR count). The van der Waals surface area contributed by atoms with Crippen molar-refractivity contribution in [3.8, 4) is 34.4 Å². The molecular formula is C28H16N2. The van der Waals surface area contributed by atoms with E-state index in [0.29, 0.717) is 11.1 Å². The highest BCUT2D eigenvalue weighted by Gasteiger charge is 2.06. The van der Waals surface area contributed by atoms with Gasteiger partial charge < -0.3 is 0 Å². The summed E-state index contributed by atoms with van der Waals surface area (Å²) >= 11 is 0. The first kappa shape index (κ1) is 17.7. The molecule has 0 saturated carbocycles. The van der Waals surface area contributed by atoms with Gasteiger partial charge in [-0.25, -0.2) is 0 Å². The summed E-state index contributed by atoms with van der Waals surface area (Å²) in [4.78, 5) is 0. The number of nitriles is 2. The Morgan fingerprint density at radius 1 is 0.433 bits per heavy atom. The van der Waals surface area contributed by atoms with Crippen LogP contribution in [0.1, 0.15) is 11.1 Å². The van der Waals surface area contributed by atoms with Crippen molar-refractivity contribution in [3.63, 3.8) is 0 Å². The van der Waals surface area contributed by atoms with E-state index in [1.165, 1.54) is 21.5 Å². The van der Waals surface area contributed by atoms with Crippen LogP contribution in [-0.2, 0) is 0 Å². The maximum atomic E-state index is 9.17. The van der Waals surface area contributed by atoms with Crippen molar-refractivity contribution in [2.45, 2.75) is 0 Å². The highest BCUT2D eigenvalue weighted by molar-refractivity contribution is 6.09. The average molecular weight is 380 g/mol. The van der Waals surface area contributed by atoms with Gasteiger partial charge in [0, 0.05) is 0 Å². The molecule has 0 heterocycles. The molecule has 138 valence electrons. The van der Waals surface area contributed by atoms with Crippen LogP contribution in [-0.4, -0.2) is 0 Å². The Balaban J connectivity index is 1.61. The maximum Gasteiger partial charge on any atom is 0.0991 e. The maximum absolute atomic E-state index is 9.17. The Morgan fingerprint density at radius 2 is 0.867 bits per heavy atom. The van der Waals surface area contributed by atoms with Gasteiger partial charge in [-0.05, 0) is 80.2 Å². The van der Waals surface area contributed by atoms with E-state index in [2.05, 4.69) is 60.7 Å². The first-order valence-electron chi connectivity index (χ1n) is 9.73. The molecule has 30 heavy (non-hydrogen) atoms. The van der Waals surface area contributed by atoms with Gasteiger partial charge in [0.05, 0.1) is 23.3 Å². The van der Waals surface area contributed by atoms with Gasteiger partial charge in [0.15, 0.2) is 0 Å². The SMILES string of the molecule is N#Cc1cccc(-c2ccc3c(ccc4cc(-c5cccc(C#N)c5)ccc43)c2)c1. The van der Waals surface area contributed by atoms with Crippen LogP contribution in [0.15, 0.2) is 97.1 Å². The Bertz CT molecular complexity index is 1400. The Kier molecular flexibility index (Phi) is 4.25. The normalized spacial score (nSPS) is 10.6.